The monoisotopic (exact) mass is 419 g/mol. The van der Waals surface area contributed by atoms with E-state index in [1.807, 2.05) is 0 Å². The van der Waals surface area contributed by atoms with Crippen LogP contribution >= 0.6 is 11.6 Å². The zero-order valence-electron chi connectivity index (χ0n) is 16.0. The highest BCUT2D eigenvalue weighted by atomic mass is 35.5. The topological polar surface area (TPSA) is 93.1 Å². The van der Waals surface area contributed by atoms with Crippen LogP contribution in [0.2, 0.25) is 5.02 Å². The van der Waals surface area contributed by atoms with Crippen molar-refractivity contribution < 1.29 is 29.0 Å². The minimum atomic E-state index is -1.02. The summed E-state index contributed by atoms with van der Waals surface area (Å²) in [5.74, 6) is -1.13. The molecule has 0 heterocycles. The quantitative estimate of drug-likeness (QED) is 0.465. The van der Waals surface area contributed by atoms with Crippen molar-refractivity contribution in [3.63, 3.8) is 0 Å². The average Bonchev–Trinajstić information content (AvgIpc) is 2.73. The minimum absolute atomic E-state index is 0.0895. The average molecular weight is 420 g/mol. The van der Waals surface area contributed by atoms with Crippen molar-refractivity contribution in [3.8, 4) is 5.75 Å². The predicted octanol–water partition coefficient (Wildman–Crippen LogP) is 3.79. The molecular weight excluding hydrogens is 398 g/mol. The summed E-state index contributed by atoms with van der Waals surface area (Å²) >= 11 is 5.90. The molecule has 1 N–H and O–H groups in total. The van der Waals surface area contributed by atoms with Crippen molar-refractivity contribution in [3.05, 3.63) is 59.1 Å². The lowest BCUT2D eigenvalue weighted by atomic mass is 10.2. The van der Waals surface area contributed by atoms with Gasteiger partial charge in [-0.15, -0.1) is 0 Å². The number of nitrogens with zero attached hydrogens (tertiary/aromatic N) is 1. The first-order valence-corrected chi connectivity index (χ1v) is 9.37. The lowest BCUT2D eigenvalue weighted by molar-refractivity contribution is -0.138. The van der Waals surface area contributed by atoms with Crippen LogP contribution < -0.4 is 9.64 Å². The van der Waals surface area contributed by atoms with E-state index < -0.39 is 11.9 Å². The molecule has 2 rings (SSSR count). The van der Waals surface area contributed by atoms with Gasteiger partial charge < -0.3 is 19.5 Å². The van der Waals surface area contributed by atoms with Crippen LogP contribution in [0, 0.1) is 0 Å². The molecule has 2 aromatic carbocycles. The molecule has 0 aliphatic carbocycles. The standard InChI is InChI=1S/C21H22ClNO6/c1-28-21(27)15-3-9-18(10-4-15)29-14-2-13-23(19(24)11-12-20(25)26)17-7-5-16(22)6-8-17/h3-10H,2,11-14H2,1H3,(H,25,26). The molecular formula is C21H22ClNO6. The number of halogens is 1. The normalized spacial score (nSPS) is 10.3. The highest BCUT2D eigenvalue weighted by molar-refractivity contribution is 6.30. The summed E-state index contributed by atoms with van der Waals surface area (Å²) in [5, 5.41) is 9.37. The molecule has 0 saturated heterocycles. The van der Waals surface area contributed by atoms with E-state index in [4.69, 9.17) is 21.4 Å². The van der Waals surface area contributed by atoms with E-state index in [0.717, 1.165) is 0 Å². The Balaban J connectivity index is 1.93. The van der Waals surface area contributed by atoms with Gasteiger partial charge in [0.25, 0.3) is 0 Å². The number of carbonyl (C=O) groups excluding carboxylic acids is 2. The summed E-state index contributed by atoms with van der Waals surface area (Å²) in [6, 6.07) is 13.3. The number of carbonyl (C=O) groups is 3. The number of benzene rings is 2. The summed E-state index contributed by atoms with van der Waals surface area (Å²) in [6.07, 6.45) is 0.208. The number of anilines is 1. The maximum Gasteiger partial charge on any atom is 0.337 e. The Hall–Kier alpha value is -3.06. The van der Waals surface area contributed by atoms with Crippen LogP contribution in [0.3, 0.4) is 0 Å². The molecule has 1 amide bonds. The van der Waals surface area contributed by atoms with Gasteiger partial charge in [-0.1, -0.05) is 11.6 Å². The van der Waals surface area contributed by atoms with Gasteiger partial charge in [0, 0.05) is 23.7 Å². The number of carboxylic acids is 1. The molecule has 0 aliphatic heterocycles. The number of esters is 1. The Morgan fingerprint density at radius 1 is 1.00 bits per heavy atom. The van der Waals surface area contributed by atoms with Gasteiger partial charge in [-0.05, 0) is 55.0 Å². The lowest BCUT2D eigenvalue weighted by Crippen LogP contribution is -2.32. The van der Waals surface area contributed by atoms with E-state index in [1.165, 1.54) is 12.0 Å². The molecule has 0 aromatic heterocycles. The second-order valence-electron chi connectivity index (χ2n) is 6.13. The van der Waals surface area contributed by atoms with E-state index >= 15 is 0 Å². The molecule has 0 bridgehead atoms. The van der Waals surface area contributed by atoms with Gasteiger partial charge in [-0.3, -0.25) is 9.59 Å². The fraction of sp³-hybridized carbons (Fsp3) is 0.286. The summed E-state index contributed by atoms with van der Waals surface area (Å²) < 4.78 is 10.3. The van der Waals surface area contributed by atoms with E-state index in [-0.39, 0.29) is 18.7 Å². The number of aliphatic carboxylic acids is 1. The molecule has 0 saturated carbocycles. The van der Waals surface area contributed by atoms with Crippen LogP contribution in [-0.4, -0.2) is 43.2 Å². The Morgan fingerprint density at radius 3 is 2.24 bits per heavy atom. The third-order valence-electron chi connectivity index (χ3n) is 4.06. The van der Waals surface area contributed by atoms with Crippen molar-refractivity contribution in [1.29, 1.82) is 0 Å². The predicted molar refractivity (Wildman–Crippen MR) is 109 cm³/mol. The third kappa shape index (κ3) is 7.12. The summed E-state index contributed by atoms with van der Waals surface area (Å²) in [6.45, 7) is 0.703. The smallest absolute Gasteiger partial charge is 0.337 e. The van der Waals surface area contributed by atoms with Crippen LogP contribution in [0.15, 0.2) is 48.5 Å². The molecule has 154 valence electrons. The van der Waals surface area contributed by atoms with Crippen LogP contribution in [0.4, 0.5) is 5.69 Å². The van der Waals surface area contributed by atoms with E-state index in [9.17, 15) is 14.4 Å². The maximum atomic E-state index is 12.5. The number of hydrogen-bond donors (Lipinski definition) is 1. The number of carboxylic acid groups (broad SMARTS) is 1. The highest BCUT2D eigenvalue weighted by Crippen LogP contribution is 2.20. The van der Waals surface area contributed by atoms with Crippen LogP contribution in [-0.2, 0) is 14.3 Å². The number of methoxy groups -OCH3 is 1. The highest BCUT2D eigenvalue weighted by Gasteiger charge is 2.17. The first kappa shape index (κ1) is 22.2. The Kier molecular flexibility index (Phi) is 8.48. The van der Waals surface area contributed by atoms with Crippen molar-refractivity contribution in [1.82, 2.24) is 0 Å². The second kappa shape index (κ2) is 11.1. The fourth-order valence-corrected chi connectivity index (χ4v) is 2.71. The van der Waals surface area contributed by atoms with E-state index in [0.29, 0.717) is 41.6 Å². The molecule has 0 atom stereocenters. The second-order valence-corrected chi connectivity index (χ2v) is 6.57. The van der Waals surface area contributed by atoms with E-state index in [1.54, 1.807) is 48.5 Å². The van der Waals surface area contributed by atoms with Gasteiger partial charge in [0.15, 0.2) is 0 Å². The fourth-order valence-electron chi connectivity index (χ4n) is 2.59. The van der Waals surface area contributed by atoms with Gasteiger partial charge in [0.1, 0.15) is 5.75 Å². The SMILES string of the molecule is COC(=O)c1ccc(OCCCN(C(=O)CCC(=O)O)c2ccc(Cl)cc2)cc1. The number of hydrogen-bond acceptors (Lipinski definition) is 5. The Labute approximate surface area is 173 Å². The maximum absolute atomic E-state index is 12.5. The van der Waals surface area contributed by atoms with Crippen molar-refractivity contribution in [2.24, 2.45) is 0 Å². The molecule has 0 unspecified atom stereocenters. The summed E-state index contributed by atoms with van der Waals surface area (Å²) in [7, 11) is 1.32. The number of rotatable bonds is 10. The van der Waals surface area contributed by atoms with Crippen LogP contribution in [0.25, 0.3) is 0 Å². The van der Waals surface area contributed by atoms with Gasteiger partial charge >= 0.3 is 11.9 Å². The van der Waals surface area contributed by atoms with Crippen LogP contribution in [0.5, 0.6) is 5.75 Å². The summed E-state index contributed by atoms with van der Waals surface area (Å²) in [5.41, 5.74) is 1.07. The van der Waals surface area contributed by atoms with Crippen molar-refractivity contribution >= 4 is 35.1 Å². The largest absolute Gasteiger partial charge is 0.494 e. The molecule has 8 heteroatoms. The Morgan fingerprint density at radius 2 is 1.66 bits per heavy atom. The number of ether oxygens (including phenoxy) is 2. The minimum Gasteiger partial charge on any atom is -0.494 e. The van der Waals surface area contributed by atoms with E-state index in [2.05, 4.69) is 4.74 Å². The first-order chi connectivity index (χ1) is 13.9. The Bertz CT molecular complexity index is 835. The third-order valence-corrected chi connectivity index (χ3v) is 4.31. The number of amides is 1. The van der Waals surface area contributed by atoms with Crippen molar-refractivity contribution in [2.75, 3.05) is 25.2 Å². The lowest BCUT2D eigenvalue weighted by Gasteiger charge is -2.23. The molecule has 0 fully saturated rings. The molecule has 2 aromatic rings. The first-order valence-electron chi connectivity index (χ1n) is 8.99. The zero-order chi connectivity index (χ0) is 21.2. The van der Waals surface area contributed by atoms with Gasteiger partial charge in [0.05, 0.1) is 25.7 Å². The molecule has 7 nitrogen and oxygen atoms in total. The van der Waals surface area contributed by atoms with Crippen LogP contribution in [0.1, 0.15) is 29.6 Å². The molecule has 0 radical (unpaired) electrons. The molecule has 29 heavy (non-hydrogen) atoms. The van der Waals surface area contributed by atoms with Crippen molar-refractivity contribution in [2.45, 2.75) is 19.3 Å². The summed E-state index contributed by atoms with van der Waals surface area (Å²) in [4.78, 5) is 36.2. The zero-order valence-corrected chi connectivity index (χ0v) is 16.7. The molecule has 0 spiro atoms. The van der Waals surface area contributed by atoms with Gasteiger partial charge in [-0.2, -0.15) is 0 Å². The molecule has 0 aliphatic rings. The van der Waals surface area contributed by atoms with Gasteiger partial charge in [-0.25, -0.2) is 4.79 Å². The van der Waals surface area contributed by atoms with Gasteiger partial charge in [0.2, 0.25) is 5.91 Å².